The highest BCUT2D eigenvalue weighted by atomic mass is 35.5. The average molecular weight is 349 g/mol. The van der Waals surface area contributed by atoms with Crippen LogP contribution in [0.5, 0.6) is 0 Å². The zero-order valence-corrected chi connectivity index (χ0v) is 13.1. The third-order valence-corrected chi connectivity index (χ3v) is 3.18. The Morgan fingerprint density at radius 1 is 1.20 bits per heavy atom. The van der Waals surface area contributed by atoms with E-state index in [0.717, 1.165) is 5.56 Å². The van der Waals surface area contributed by atoms with Crippen LogP contribution in [0.2, 0.25) is 10.0 Å². The predicted octanol–water partition coefficient (Wildman–Crippen LogP) is 5.12. The first-order valence-electron chi connectivity index (χ1n) is 5.35. The first-order valence-corrected chi connectivity index (χ1v) is 6.48. The normalized spacial score (nSPS) is 10.8. The molecule has 6 heteroatoms. The van der Waals surface area contributed by atoms with Crippen LogP contribution < -0.4 is 0 Å². The molecule has 0 radical (unpaired) electrons. The van der Waals surface area contributed by atoms with E-state index in [-0.39, 0.29) is 12.4 Å². The van der Waals surface area contributed by atoms with E-state index >= 15 is 0 Å². The van der Waals surface area contributed by atoms with E-state index in [1.165, 1.54) is 0 Å². The molecule has 2 rings (SSSR count). The number of carbonyl (C=O) groups is 1. The molecule has 0 aliphatic heterocycles. The summed E-state index contributed by atoms with van der Waals surface area (Å²) in [5.41, 5.74) is 1.60. The van der Waals surface area contributed by atoms with Gasteiger partial charge in [-0.1, -0.05) is 35.3 Å². The second kappa shape index (κ2) is 7.65. The molecule has 0 aliphatic carbocycles. The molecule has 0 spiro atoms. The Morgan fingerprint density at radius 2 is 1.95 bits per heavy atom. The third kappa shape index (κ3) is 4.22. The molecule has 0 amide bonds. The molecule has 0 saturated heterocycles. The quantitative estimate of drug-likeness (QED) is 0.569. The molecule has 0 N–H and O–H groups in total. The number of benzene rings is 1. The summed E-state index contributed by atoms with van der Waals surface area (Å²) in [6, 6.07) is 8.46. The van der Waals surface area contributed by atoms with E-state index in [0.29, 0.717) is 21.2 Å². The van der Waals surface area contributed by atoms with Gasteiger partial charge in [-0.25, -0.2) is 0 Å². The molecule has 0 atom stereocenters. The number of hydrogen-bond donors (Lipinski definition) is 0. The van der Waals surface area contributed by atoms with Crippen molar-refractivity contribution < 1.29 is 4.79 Å². The van der Waals surface area contributed by atoms with Gasteiger partial charge in [-0.15, -0.1) is 12.4 Å². The van der Waals surface area contributed by atoms with E-state index in [4.69, 9.17) is 34.8 Å². The molecule has 2 aromatic rings. The van der Waals surface area contributed by atoms with Gasteiger partial charge in [0, 0.05) is 28.6 Å². The fourth-order valence-electron chi connectivity index (χ4n) is 1.58. The highest BCUT2D eigenvalue weighted by Crippen LogP contribution is 2.29. The number of pyridine rings is 1. The van der Waals surface area contributed by atoms with E-state index in [1.807, 2.05) is 6.07 Å². The number of halogens is 4. The number of hydrogen-bond acceptors (Lipinski definition) is 2. The minimum atomic E-state index is -0.590. The van der Waals surface area contributed by atoms with Crippen LogP contribution in [0.1, 0.15) is 11.1 Å². The van der Waals surface area contributed by atoms with Crippen molar-refractivity contribution in [3.63, 3.8) is 0 Å². The lowest BCUT2D eigenvalue weighted by molar-refractivity contribution is -0.106. The van der Waals surface area contributed by atoms with E-state index in [2.05, 4.69) is 4.98 Å². The van der Waals surface area contributed by atoms with Crippen LogP contribution in [-0.2, 0) is 4.79 Å². The zero-order chi connectivity index (χ0) is 13.8. The maximum atomic E-state index is 11.6. The monoisotopic (exact) mass is 347 g/mol. The second-order valence-corrected chi connectivity index (χ2v) is 4.93. The van der Waals surface area contributed by atoms with Crippen molar-refractivity contribution in [2.24, 2.45) is 0 Å². The van der Waals surface area contributed by atoms with Crippen molar-refractivity contribution >= 4 is 64.1 Å². The molecule has 104 valence electrons. The van der Waals surface area contributed by atoms with Gasteiger partial charge >= 0.3 is 0 Å². The fraction of sp³-hybridized carbons (Fsp3) is 0. The highest BCUT2D eigenvalue weighted by Gasteiger charge is 2.13. The molecule has 0 bridgehead atoms. The van der Waals surface area contributed by atoms with E-state index < -0.39 is 5.24 Å². The smallest absolute Gasteiger partial charge is 0.253 e. The number of rotatable bonds is 3. The number of allylic oxidation sites excluding steroid dienone is 1. The summed E-state index contributed by atoms with van der Waals surface area (Å²) in [5, 5.41) is 0.279. The van der Waals surface area contributed by atoms with Gasteiger partial charge in [0.15, 0.2) is 0 Å². The van der Waals surface area contributed by atoms with Crippen LogP contribution in [0.4, 0.5) is 0 Å². The largest absolute Gasteiger partial charge is 0.276 e. The molecule has 0 unspecified atom stereocenters. The molecule has 2 nitrogen and oxygen atoms in total. The summed E-state index contributed by atoms with van der Waals surface area (Å²) in [5.74, 6) is 0. The summed E-state index contributed by atoms with van der Waals surface area (Å²) in [7, 11) is 0. The Bertz CT molecular complexity index is 641. The molecule has 0 aliphatic rings. The van der Waals surface area contributed by atoms with Crippen LogP contribution in [0.3, 0.4) is 0 Å². The van der Waals surface area contributed by atoms with Gasteiger partial charge in [-0.3, -0.25) is 9.78 Å². The van der Waals surface area contributed by atoms with Crippen LogP contribution in [0.25, 0.3) is 11.6 Å². The second-order valence-electron chi connectivity index (χ2n) is 3.74. The first-order chi connectivity index (χ1) is 9.08. The van der Waals surface area contributed by atoms with Gasteiger partial charge in [0.2, 0.25) is 0 Å². The summed E-state index contributed by atoms with van der Waals surface area (Å²) < 4.78 is 0. The van der Waals surface area contributed by atoms with Crippen LogP contribution in [0, 0.1) is 0 Å². The lowest BCUT2D eigenvalue weighted by Gasteiger charge is -2.06. The fourth-order valence-corrected chi connectivity index (χ4v) is 2.24. The van der Waals surface area contributed by atoms with Gasteiger partial charge in [0.1, 0.15) is 0 Å². The lowest BCUT2D eigenvalue weighted by atomic mass is 10.0. The first kappa shape index (κ1) is 17.0. The SMILES string of the molecule is Cl.O=C(Cl)C(=Cc1cccnc1)c1ccc(Cl)cc1Cl. The molecule has 1 aromatic carbocycles. The number of carbonyl (C=O) groups excluding carboxylic acids is 1. The van der Waals surface area contributed by atoms with Gasteiger partial charge in [0.25, 0.3) is 5.24 Å². The van der Waals surface area contributed by atoms with Crippen molar-refractivity contribution in [1.29, 1.82) is 0 Å². The van der Waals surface area contributed by atoms with Gasteiger partial charge in [0.05, 0.1) is 5.02 Å². The minimum Gasteiger partial charge on any atom is -0.276 e. The Balaban J connectivity index is 0.00000200. The standard InChI is InChI=1S/C14H8Cl3NO.ClH/c15-10-3-4-11(13(16)7-10)12(14(17)19)6-9-2-1-5-18-8-9;/h1-8H;1H. The average Bonchev–Trinajstić information content (AvgIpc) is 2.38. The molecule has 0 saturated carbocycles. The molecular weight excluding hydrogens is 340 g/mol. The van der Waals surface area contributed by atoms with E-state index in [1.54, 1.807) is 42.7 Å². The van der Waals surface area contributed by atoms with Gasteiger partial charge in [-0.05, 0) is 41.4 Å². The Labute approximate surface area is 137 Å². The maximum Gasteiger partial charge on any atom is 0.253 e. The van der Waals surface area contributed by atoms with Crippen LogP contribution >= 0.6 is 47.2 Å². The number of nitrogens with zero attached hydrogens (tertiary/aromatic N) is 1. The zero-order valence-electron chi connectivity index (χ0n) is 10.0. The van der Waals surface area contributed by atoms with Gasteiger partial charge < -0.3 is 0 Å². The Morgan fingerprint density at radius 3 is 2.50 bits per heavy atom. The topological polar surface area (TPSA) is 30.0 Å². The van der Waals surface area contributed by atoms with E-state index in [9.17, 15) is 4.79 Å². The Hall–Kier alpha value is -1.06. The molecule has 20 heavy (non-hydrogen) atoms. The summed E-state index contributed by atoms with van der Waals surface area (Å²) in [6.07, 6.45) is 4.91. The molecular formula is C14H9Cl4NO. The van der Waals surface area contributed by atoms with Crippen molar-refractivity contribution in [1.82, 2.24) is 4.98 Å². The lowest BCUT2D eigenvalue weighted by Crippen LogP contribution is -1.94. The molecule has 1 heterocycles. The van der Waals surface area contributed by atoms with Crippen molar-refractivity contribution in [2.45, 2.75) is 0 Å². The van der Waals surface area contributed by atoms with Crippen molar-refractivity contribution in [3.05, 3.63) is 63.9 Å². The van der Waals surface area contributed by atoms with Gasteiger partial charge in [-0.2, -0.15) is 0 Å². The molecule has 0 fully saturated rings. The van der Waals surface area contributed by atoms with Crippen molar-refractivity contribution in [3.8, 4) is 0 Å². The maximum absolute atomic E-state index is 11.6. The van der Waals surface area contributed by atoms with Crippen LogP contribution in [-0.4, -0.2) is 10.2 Å². The molecule has 1 aromatic heterocycles. The summed E-state index contributed by atoms with van der Waals surface area (Å²) in [4.78, 5) is 15.5. The third-order valence-electron chi connectivity index (χ3n) is 2.43. The summed E-state index contributed by atoms with van der Waals surface area (Å²) >= 11 is 17.5. The number of aromatic nitrogens is 1. The van der Waals surface area contributed by atoms with Crippen molar-refractivity contribution in [2.75, 3.05) is 0 Å². The van der Waals surface area contributed by atoms with Crippen LogP contribution in [0.15, 0.2) is 42.7 Å². The highest BCUT2D eigenvalue weighted by molar-refractivity contribution is 6.75. The minimum absolute atomic E-state index is 0. The Kier molecular flexibility index (Phi) is 6.50. The summed E-state index contributed by atoms with van der Waals surface area (Å²) in [6.45, 7) is 0. The predicted molar refractivity (Wildman–Crippen MR) is 86.7 cm³/mol.